The molecule has 102 valence electrons. The summed E-state index contributed by atoms with van der Waals surface area (Å²) >= 11 is 0. The molecule has 1 amide bonds. The van der Waals surface area contributed by atoms with Crippen LogP contribution in [0.2, 0.25) is 0 Å². The maximum Gasteiger partial charge on any atom is 0.329 e. The Morgan fingerprint density at radius 3 is 2.39 bits per heavy atom. The Balaban J connectivity index is 1.72. The number of rotatable bonds is 5. The zero-order valence-corrected chi connectivity index (χ0v) is 10.8. The Hall–Kier alpha value is -1.10. The van der Waals surface area contributed by atoms with Crippen LogP contribution < -0.4 is 0 Å². The van der Waals surface area contributed by atoms with E-state index in [1.807, 2.05) is 11.8 Å². The fourth-order valence-electron chi connectivity index (χ4n) is 2.52. The molecule has 1 saturated carbocycles. The molecule has 1 atom stereocenters. The van der Waals surface area contributed by atoms with Crippen LogP contribution in [0, 0.1) is 11.8 Å². The number of carboxylic acids is 1. The third-order valence-corrected chi connectivity index (χ3v) is 3.91. The zero-order valence-electron chi connectivity index (χ0n) is 10.8. The van der Waals surface area contributed by atoms with Crippen molar-refractivity contribution in [3.05, 3.63) is 0 Å². The van der Waals surface area contributed by atoms with Crippen molar-refractivity contribution >= 4 is 11.9 Å². The van der Waals surface area contributed by atoms with E-state index in [4.69, 9.17) is 9.84 Å². The molecular formula is C13H21NO4. The molecule has 1 aliphatic carbocycles. The van der Waals surface area contributed by atoms with Crippen LogP contribution >= 0.6 is 0 Å². The minimum Gasteiger partial charge on any atom is -0.480 e. The third-order valence-electron chi connectivity index (χ3n) is 3.91. The molecule has 5 heteroatoms. The molecule has 18 heavy (non-hydrogen) atoms. The predicted octanol–water partition coefficient (Wildman–Crippen LogP) is 1.12. The number of carbonyl (C=O) groups is 2. The predicted molar refractivity (Wildman–Crippen MR) is 65.1 cm³/mol. The number of amides is 1. The summed E-state index contributed by atoms with van der Waals surface area (Å²) in [7, 11) is 0. The highest BCUT2D eigenvalue weighted by atomic mass is 16.5. The molecule has 0 aromatic heterocycles. The quantitative estimate of drug-likeness (QED) is 0.799. The Labute approximate surface area is 107 Å². The Morgan fingerprint density at radius 1 is 1.28 bits per heavy atom. The first kappa shape index (κ1) is 13.3. The Bertz CT molecular complexity index is 319. The van der Waals surface area contributed by atoms with Gasteiger partial charge in [-0.1, -0.05) is 6.92 Å². The number of carbonyl (C=O) groups excluding carboxylic acids is 1. The molecule has 2 rings (SSSR count). The number of nitrogens with zero attached hydrogens (tertiary/aromatic N) is 1. The molecule has 1 saturated heterocycles. The van der Waals surface area contributed by atoms with Gasteiger partial charge in [-0.05, 0) is 31.6 Å². The van der Waals surface area contributed by atoms with Gasteiger partial charge in [-0.3, -0.25) is 4.79 Å². The van der Waals surface area contributed by atoms with Gasteiger partial charge in [0.2, 0.25) is 5.91 Å². The minimum absolute atomic E-state index is 0.0126. The molecule has 2 fully saturated rings. The maximum atomic E-state index is 12.1. The summed E-state index contributed by atoms with van der Waals surface area (Å²) in [6, 6.07) is 0. The summed E-state index contributed by atoms with van der Waals surface area (Å²) in [6.45, 7) is 3.17. The largest absolute Gasteiger partial charge is 0.480 e. The van der Waals surface area contributed by atoms with Gasteiger partial charge >= 0.3 is 5.97 Å². The van der Waals surface area contributed by atoms with E-state index < -0.39 is 5.97 Å². The third kappa shape index (κ3) is 3.45. The van der Waals surface area contributed by atoms with E-state index in [1.54, 1.807) is 0 Å². The summed E-state index contributed by atoms with van der Waals surface area (Å²) in [5.74, 6) is 0.0741. The highest BCUT2D eigenvalue weighted by molar-refractivity contribution is 5.79. The number of likely N-dealkylation sites (tertiary alicyclic amines) is 1. The van der Waals surface area contributed by atoms with Crippen LogP contribution in [-0.4, -0.2) is 47.7 Å². The molecular weight excluding hydrogens is 234 g/mol. The van der Waals surface area contributed by atoms with Crippen molar-refractivity contribution in [3.63, 3.8) is 0 Å². The molecule has 0 spiro atoms. The molecule has 1 N–H and O–H groups in total. The molecule has 0 bridgehead atoms. The number of hydrogen-bond donors (Lipinski definition) is 1. The topological polar surface area (TPSA) is 66.8 Å². The monoisotopic (exact) mass is 255 g/mol. The van der Waals surface area contributed by atoms with Crippen LogP contribution in [0.4, 0.5) is 0 Å². The first-order valence-electron chi connectivity index (χ1n) is 6.70. The standard InChI is InChI=1S/C13H21NO4/c1-9(10-2-3-10)13(17)14-6-4-11(5-7-14)18-8-12(15)16/h9-11H,2-8H2,1H3,(H,15,16). The molecule has 5 nitrogen and oxygen atoms in total. The normalized spacial score (nSPS) is 22.8. The maximum absolute atomic E-state index is 12.1. The fourth-order valence-corrected chi connectivity index (χ4v) is 2.52. The highest BCUT2D eigenvalue weighted by Crippen LogP contribution is 2.37. The molecule has 1 heterocycles. The van der Waals surface area contributed by atoms with Crippen LogP contribution in [-0.2, 0) is 14.3 Å². The van der Waals surface area contributed by atoms with E-state index in [-0.39, 0.29) is 24.5 Å². The van der Waals surface area contributed by atoms with E-state index >= 15 is 0 Å². The number of aliphatic carboxylic acids is 1. The Morgan fingerprint density at radius 2 is 1.89 bits per heavy atom. The molecule has 0 aromatic carbocycles. The highest BCUT2D eigenvalue weighted by Gasteiger charge is 2.36. The number of piperidine rings is 1. The van der Waals surface area contributed by atoms with Gasteiger partial charge < -0.3 is 14.7 Å². The van der Waals surface area contributed by atoms with Crippen molar-refractivity contribution in [1.82, 2.24) is 4.90 Å². The lowest BCUT2D eigenvalue weighted by atomic mass is 10.0. The minimum atomic E-state index is -0.934. The van der Waals surface area contributed by atoms with E-state index in [0.29, 0.717) is 19.0 Å². The van der Waals surface area contributed by atoms with Gasteiger partial charge in [-0.15, -0.1) is 0 Å². The lowest BCUT2D eigenvalue weighted by Gasteiger charge is -2.33. The van der Waals surface area contributed by atoms with Crippen LogP contribution in [0.25, 0.3) is 0 Å². The summed E-state index contributed by atoms with van der Waals surface area (Å²) in [6.07, 6.45) is 3.85. The second kappa shape index (κ2) is 5.69. The van der Waals surface area contributed by atoms with Gasteiger partial charge in [0.05, 0.1) is 6.10 Å². The second-order valence-corrected chi connectivity index (χ2v) is 5.36. The van der Waals surface area contributed by atoms with Crippen molar-refractivity contribution in [2.45, 2.75) is 38.7 Å². The summed E-state index contributed by atoms with van der Waals surface area (Å²) in [5.41, 5.74) is 0. The van der Waals surface area contributed by atoms with Crippen molar-refractivity contribution in [3.8, 4) is 0 Å². The fraction of sp³-hybridized carbons (Fsp3) is 0.846. The van der Waals surface area contributed by atoms with Gasteiger partial charge in [0.15, 0.2) is 0 Å². The van der Waals surface area contributed by atoms with Gasteiger partial charge in [-0.2, -0.15) is 0 Å². The van der Waals surface area contributed by atoms with Crippen molar-refractivity contribution in [1.29, 1.82) is 0 Å². The summed E-state index contributed by atoms with van der Waals surface area (Å²) in [4.78, 5) is 24.4. The average Bonchev–Trinajstić information content (AvgIpc) is 3.19. The average molecular weight is 255 g/mol. The lowest BCUT2D eigenvalue weighted by molar-refractivity contribution is -0.147. The number of ether oxygens (including phenoxy) is 1. The van der Waals surface area contributed by atoms with Gasteiger partial charge in [0.25, 0.3) is 0 Å². The number of carboxylic acid groups (broad SMARTS) is 1. The van der Waals surface area contributed by atoms with E-state index in [9.17, 15) is 9.59 Å². The SMILES string of the molecule is CC(C(=O)N1CCC(OCC(=O)O)CC1)C1CC1. The van der Waals surface area contributed by atoms with E-state index in [2.05, 4.69) is 0 Å². The van der Waals surface area contributed by atoms with Crippen LogP contribution in [0.15, 0.2) is 0 Å². The van der Waals surface area contributed by atoms with Crippen LogP contribution in [0.3, 0.4) is 0 Å². The zero-order chi connectivity index (χ0) is 13.1. The van der Waals surface area contributed by atoms with Gasteiger partial charge in [0, 0.05) is 19.0 Å². The first-order chi connectivity index (χ1) is 8.58. The molecule has 1 aliphatic heterocycles. The molecule has 0 aromatic rings. The van der Waals surface area contributed by atoms with Gasteiger partial charge in [0.1, 0.15) is 6.61 Å². The molecule has 2 aliphatic rings. The van der Waals surface area contributed by atoms with Crippen molar-refractivity contribution in [2.75, 3.05) is 19.7 Å². The van der Waals surface area contributed by atoms with Crippen LogP contribution in [0.5, 0.6) is 0 Å². The smallest absolute Gasteiger partial charge is 0.329 e. The summed E-state index contributed by atoms with van der Waals surface area (Å²) in [5, 5.41) is 8.54. The first-order valence-corrected chi connectivity index (χ1v) is 6.70. The van der Waals surface area contributed by atoms with Crippen LogP contribution in [0.1, 0.15) is 32.6 Å². The van der Waals surface area contributed by atoms with Crippen molar-refractivity contribution in [2.24, 2.45) is 11.8 Å². The number of hydrogen-bond acceptors (Lipinski definition) is 3. The summed E-state index contributed by atoms with van der Waals surface area (Å²) < 4.78 is 5.26. The second-order valence-electron chi connectivity index (χ2n) is 5.36. The lowest BCUT2D eigenvalue weighted by Crippen LogP contribution is -2.43. The van der Waals surface area contributed by atoms with E-state index in [1.165, 1.54) is 12.8 Å². The van der Waals surface area contributed by atoms with Gasteiger partial charge in [-0.25, -0.2) is 4.79 Å². The van der Waals surface area contributed by atoms with Crippen molar-refractivity contribution < 1.29 is 19.4 Å². The molecule has 1 unspecified atom stereocenters. The van der Waals surface area contributed by atoms with E-state index in [0.717, 1.165) is 12.8 Å². The molecule has 0 radical (unpaired) electrons. The Kier molecular flexibility index (Phi) is 4.22.